The van der Waals surface area contributed by atoms with Crippen molar-refractivity contribution in [2.45, 2.75) is 36.3 Å². The standard InChI is InChI=1S/C28H29FN4O5S/c29-21-5-2-17-3-7-25(36)33-13-18(26(21)27(17)33)8-10-31(9-1-11-34)14-20-15-32(28(37)38-20)19-4-6-23-22(12-19)30-24(35)16-39-23/h2-7,12,18,20,34H,1,8-11,13-16H2,(H,30,35)/t18?,20-/m1/s1. The van der Waals surface area contributed by atoms with Crippen LogP contribution in [0.3, 0.4) is 0 Å². The number of ether oxygens (including phenoxy) is 1. The van der Waals surface area contributed by atoms with Crippen LogP contribution in [0.5, 0.6) is 0 Å². The highest BCUT2D eigenvalue weighted by Gasteiger charge is 2.35. The predicted octanol–water partition coefficient (Wildman–Crippen LogP) is 3.38. The summed E-state index contributed by atoms with van der Waals surface area (Å²) in [6.07, 6.45) is 0.340. The molecule has 11 heteroatoms. The molecule has 9 nitrogen and oxygen atoms in total. The Hall–Kier alpha value is -3.41. The molecule has 0 aliphatic carbocycles. The summed E-state index contributed by atoms with van der Waals surface area (Å²) < 4.78 is 22.3. The number of aliphatic hydroxyl groups excluding tert-OH is 1. The summed E-state index contributed by atoms with van der Waals surface area (Å²) in [4.78, 5) is 41.7. The molecule has 1 aromatic heterocycles. The van der Waals surface area contributed by atoms with Crippen molar-refractivity contribution >= 4 is 46.0 Å². The molecule has 0 spiro atoms. The van der Waals surface area contributed by atoms with Crippen molar-refractivity contribution in [1.82, 2.24) is 9.47 Å². The lowest BCUT2D eigenvalue weighted by molar-refractivity contribution is -0.113. The van der Waals surface area contributed by atoms with Crippen LogP contribution in [0.4, 0.5) is 20.6 Å². The molecular weight excluding hydrogens is 523 g/mol. The lowest BCUT2D eigenvalue weighted by Gasteiger charge is -2.26. The van der Waals surface area contributed by atoms with Crippen LogP contribution in [0.1, 0.15) is 24.3 Å². The van der Waals surface area contributed by atoms with Gasteiger partial charge in [0, 0.05) is 54.4 Å². The monoisotopic (exact) mass is 552 g/mol. The lowest BCUT2D eigenvalue weighted by atomic mass is 9.96. The minimum Gasteiger partial charge on any atom is -0.443 e. The molecule has 6 rings (SSSR count). The Morgan fingerprint density at radius 3 is 2.79 bits per heavy atom. The molecule has 4 heterocycles. The number of nitrogens with one attached hydrogen (secondary N) is 1. The highest BCUT2D eigenvalue weighted by Crippen LogP contribution is 2.37. The van der Waals surface area contributed by atoms with Crippen LogP contribution in [0.15, 0.2) is 52.2 Å². The van der Waals surface area contributed by atoms with Crippen LogP contribution in [0.25, 0.3) is 10.9 Å². The highest BCUT2D eigenvalue weighted by molar-refractivity contribution is 8.00. The van der Waals surface area contributed by atoms with Gasteiger partial charge in [-0.1, -0.05) is 0 Å². The molecular formula is C28H29FN4O5S. The lowest BCUT2D eigenvalue weighted by Crippen LogP contribution is -2.37. The topological polar surface area (TPSA) is 104 Å². The third-order valence-electron chi connectivity index (χ3n) is 7.62. The van der Waals surface area contributed by atoms with Crippen molar-refractivity contribution in [3.63, 3.8) is 0 Å². The highest BCUT2D eigenvalue weighted by atomic mass is 32.2. The maximum atomic E-state index is 14.9. The van der Waals surface area contributed by atoms with E-state index in [1.807, 2.05) is 12.1 Å². The zero-order chi connectivity index (χ0) is 27.1. The molecule has 2 amide bonds. The number of aliphatic hydroxyl groups is 1. The van der Waals surface area contributed by atoms with E-state index in [1.165, 1.54) is 23.9 Å². The number of amides is 2. The number of anilines is 2. The van der Waals surface area contributed by atoms with Crippen molar-refractivity contribution < 1.29 is 23.8 Å². The first-order valence-corrected chi connectivity index (χ1v) is 14.1. The van der Waals surface area contributed by atoms with Gasteiger partial charge < -0.3 is 19.7 Å². The van der Waals surface area contributed by atoms with Crippen LogP contribution in [-0.4, -0.2) is 71.2 Å². The van der Waals surface area contributed by atoms with Gasteiger partial charge in [-0.05, 0) is 61.2 Å². The van der Waals surface area contributed by atoms with E-state index in [9.17, 15) is 23.9 Å². The number of halogens is 1. The number of thioether (sulfide) groups is 1. The minimum atomic E-state index is -0.448. The normalized spacial score (nSPS) is 20.0. The fourth-order valence-electron chi connectivity index (χ4n) is 5.80. The van der Waals surface area contributed by atoms with Gasteiger partial charge in [0.05, 0.1) is 23.5 Å². The summed E-state index contributed by atoms with van der Waals surface area (Å²) in [5.74, 6) is -0.148. The summed E-state index contributed by atoms with van der Waals surface area (Å²) >= 11 is 1.46. The minimum absolute atomic E-state index is 0.0319. The molecule has 1 saturated heterocycles. The number of cyclic esters (lactones) is 1. The van der Waals surface area contributed by atoms with Crippen molar-refractivity contribution in [3.05, 3.63) is 64.2 Å². The van der Waals surface area contributed by atoms with Gasteiger partial charge in [-0.3, -0.25) is 19.4 Å². The molecule has 3 aromatic rings. The number of benzene rings is 2. The summed E-state index contributed by atoms with van der Waals surface area (Å²) in [5, 5.41) is 13.2. The average Bonchev–Trinajstić information content (AvgIpc) is 3.50. The van der Waals surface area contributed by atoms with Gasteiger partial charge in [0.2, 0.25) is 5.91 Å². The SMILES string of the molecule is O=C1CSc2ccc(N3C[C@@H](CN(CCCO)CCC4Cn5c(=O)ccc6ccc(F)c4c65)OC3=O)cc2N1. The van der Waals surface area contributed by atoms with E-state index in [2.05, 4.69) is 10.2 Å². The molecule has 39 heavy (non-hydrogen) atoms. The molecule has 0 saturated carbocycles. The third kappa shape index (κ3) is 5.02. The summed E-state index contributed by atoms with van der Waals surface area (Å²) in [5.41, 5.74) is 2.47. The molecule has 0 radical (unpaired) electrons. The first kappa shape index (κ1) is 25.8. The van der Waals surface area contributed by atoms with E-state index in [4.69, 9.17) is 4.74 Å². The Morgan fingerprint density at radius 2 is 1.95 bits per heavy atom. The van der Waals surface area contributed by atoms with E-state index in [0.717, 1.165) is 10.3 Å². The zero-order valence-corrected chi connectivity index (χ0v) is 22.1. The molecule has 2 N–H and O–H groups in total. The number of carbonyl (C=O) groups is 2. The molecule has 1 unspecified atom stereocenters. The smallest absolute Gasteiger partial charge is 0.414 e. The number of rotatable bonds is 9. The van der Waals surface area contributed by atoms with Crippen molar-refractivity contribution in [2.75, 3.05) is 48.8 Å². The van der Waals surface area contributed by atoms with Gasteiger partial charge in [0.15, 0.2) is 0 Å². The summed E-state index contributed by atoms with van der Waals surface area (Å²) in [7, 11) is 0. The molecule has 0 bridgehead atoms. The number of carbonyl (C=O) groups excluding carboxylic acids is 2. The van der Waals surface area contributed by atoms with Gasteiger partial charge >= 0.3 is 6.09 Å². The van der Waals surface area contributed by atoms with Crippen LogP contribution in [0, 0.1) is 5.82 Å². The second kappa shape index (κ2) is 10.6. The van der Waals surface area contributed by atoms with E-state index >= 15 is 0 Å². The molecule has 2 aromatic carbocycles. The quantitative estimate of drug-likeness (QED) is 0.420. The fraction of sp³-hybridized carbons (Fsp3) is 0.393. The first-order valence-electron chi connectivity index (χ1n) is 13.1. The van der Waals surface area contributed by atoms with E-state index in [1.54, 1.807) is 27.7 Å². The van der Waals surface area contributed by atoms with Gasteiger partial charge in [-0.15, -0.1) is 11.8 Å². The maximum Gasteiger partial charge on any atom is 0.414 e. The first-order chi connectivity index (χ1) is 18.9. The molecule has 2 atom stereocenters. The Morgan fingerprint density at radius 1 is 1.10 bits per heavy atom. The van der Waals surface area contributed by atoms with Gasteiger partial charge in [-0.25, -0.2) is 9.18 Å². The molecule has 204 valence electrons. The number of hydrogen-bond acceptors (Lipinski definition) is 7. The number of hydrogen-bond donors (Lipinski definition) is 2. The Bertz CT molecular complexity index is 1510. The van der Waals surface area contributed by atoms with Gasteiger partial charge in [0.1, 0.15) is 11.9 Å². The van der Waals surface area contributed by atoms with E-state index in [-0.39, 0.29) is 35.9 Å². The second-order valence-electron chi connectivity index (χ2n) is 10.2. The molecule has 3 aliphatic rings. The van der Waals surface area contributed by atoms with E-state index < -0.39 is 6.09 Å². The van der Waals surface area contributed by atoms with Crippen molar-refractivity contribution in [1.29, 1.82) is 0 Å². The number of nitrogens with zero attached hydrogens (tertiary/aromatic N) is 3. The second-order valence-corrected chi connectivity index (χ2v) is 11.2. The Labute approximate surface area is 228 Å². The maximum absolute atomic E-state index is 14.9. The Balaban J connectivity index is 1.14. The Kier molecular flexibility index (Phi) is 7.05. The zero-order valence-electron chi connectivity index (χ0n) is 21.3. The number of aromatic nitrogens is 1. The van der Waals surface area contributed by atoms with Gasteiger partial charge in [-0.2, -0.15) is 0 Å². The average molecular weight is 553 g/mol. The van der Waals surface area contributed by atoms with Crippen molar-refractivity contribution in [3.8, 4) is 0 Å². The number of pyridine rings is 1. The predicted molar refractivity (Wildman–Crippen MR) is 147 cm³/mol. The van der Waals surface area contributed by atoms with Crippen LogP contribution in [-0.2, 0) is 16.1 Å². The third-order valence-corrected chi connectivity index (χ3v) is 8.69. The van der Waals surface area contributed by atoms with E-state index in [0.29, 0.717) is 73.8 Å². The summed E-state index contributed by atoms with van der Waals surface area (Å²) in [6, 6.07) is 12.0. The summed E-state index contributed by atoms with van der Waals surface area (Å²) in [6.45, 7) is 2.47. The van der Waals surface area contributed by atoms with Crippen molar-refractivity contribution in [2.24, 2.45) is 0 Å². The molecule has 1 fully saturated rings. The van der Waals surface area contributed by atoms with Gasteiger partial charge in [0.25, 0.3) is 5.56 Å². The molecule has 3 aliphatic heterocycles. The van der Waals surface area contributed by atoms with Crippen LogP contribution in [0.2, 0.25) is 0 Å². The largest absolute Gasteiger partial charge is 0.443 e. The number of fused-ring (bicyclic) bond motifs is 1. The van der Waals surface area contributed by atoms with Crippen LogP contribution < -0.4 is 15.8 Å². The fourth-order valence-corrected chi connectivity index (χ4v) is 6.58. The van der Waals surface area contributed by atoms with Crippen LogP contribution >= 0.6 is 11.8 Å².